The van der Waals surface area contributed by atoms with Gasteiger partial charge >= 0.3 is 0 Å². The number of nitrogens with zero attached hydrogens (tertiary/aromatic N) is 2. The van der Waals surface area contributed by atoms with Gasteiger partial charge in [0.25, 0.3) is 0 Å². The van der Waals surface area contributed by atoms with Gasteiger partial charge in [0.1, 0.15) is 0 Å². The monoisotopic (exact) mass is 313 g/mol. The average Bonchev–Trinajstić information content (AvgIpc) is 2.92. The van der Waals surface area contributed by atoms with Gasteiger partial charge in [-0.1, -0.05) is 35.8 Å². The summed E-state index contributed by atoms with van der Waals surface area (Å²) in [5.74, 6) is 2.65. The molecule has 1 aromatic carbocycles. The van der Waals surface area contributed by atoms with E-state index in [2.05, 4.69) is 21.1 Å². The number of anilines is 1. The van der Waals surface area contributed by atoms with Crippen molar-refractivity contribution in [2.75, 3.05) is 18.4 Å². The third-order valence-electron chi connectivity index (χ3n) is 4.06. The average molecular weight is 313 g/mol. The van der Waals surface area contributed by atoms with E-state index in [1.165, 1.54) is 11.3 Å². The van der Waals surface area contributed by atoms with Crippen molar-refractivity contribution in [2.45, 2.75) is 32.2 Å². The van der Waals surface area contributed by atoms with Crippen LogP contribution < -0.4 is 5.32 Å². The summed E-state index contributed by atoms with van der Waals surface area (Å²) >= 11 is 1.52. The van der Waals surface area contributed by atoms with Gasteiger partial charge in [0.05, 0.1) is 22.8 Å². The molecular weight excluding hydrogens is 294 g/mol. The van der Waals surface area contributed by atoms with E-state index in [4.69, 9.17) is 6.42 Å². The van der Waals surface area contributed by atoms with E-state index in [9.17, 15) is 4.79 Å². The SMILES string of the molecule is C#CCN1CCCCC1C(=O)Nc1nc2c(C)cccc2s1. The lowest BCUT2D eigenvalue weighted by Gasteiger charge is -2.32. The quantitative estimate of drug-likeness (QED) is 0.886. The van der Waals surface area contributed by atoms with Crippen LogP contribution in [0.3, 0.4) is 0 Å². The Kier molecular flexibility index (Phi) is 4.41. The zero-order valence-corrected chi connectivity index (χ0v) is 13.4. The Morgan fingerprint density at radius 3 is 3.18 bits per heavy atom. The summed E-state index contributed by atoms with van der Waals surface area (Å²) in [7, 11) is 0. The first kappa shape index (κ1) is 15.0. The van der Waals surface area contributed by atoms with Crippen molar-refractivity contribution in [1.29, 1.82) is 0 Å². The molecule has 2 aromatic rings. The molecule has 1 aromatic heterocycles. The number of terminal acetylenes is 1. The maximum atomic E-state index is 12.6. The topological polar surface area (TPSA) is 45.2 Å². The first-order valence-electron chi connectivity index (χ1n) is 7.53. The van der Waals surface area contributed by atoms with Crippen LogP contribution in [0.25, 0.3) is 10.2 Å². The van der Waals surface area contributed by atoms with Crippen molar-refractivity contribution >= 4 is 32.6 Å². The van der Waals surface area contributed by atoms with E-state index in [-0.39, 0.29) is 11.9 Å². The van der Waals surface area contributed by atoms with Crippen molar-refractivity contribution in [3.8, 4) is 12.3 Å². The van der Waals surface area contributed by atoms with Crippen LogP contribution in [-0.4, -0.2) is 34.9 Å². The number of rotatable bonds is 3. The molecule has 1 fully saturated rings. The molecule has 114 valence electrons. The predicted octanol–water partition coefficient (Wildman–Crippen LogP) is 3.03. The number of likely N-dealkylation sites (tertiary alicyclic amines) is 1. The molecule has 0 radical (unpaired) electrons. The predicted molar refractivity (Wildman–Crippen MR) is 91.0 cm³/mol. The zero-order valence-electron chi connectivity index (χ0n) is 12.6. The van der Waals surface area contributed by atoms with E-state index in [0.717, 1.165) is 41.6 Å². The van der Waals surface area contributed by atoms with Crippen molar-refractivity contribution in [3.05, 3.63) is 23.8 Å². The second kappa shape index (κ2) is 6.47. The Bertz CT molecular complexity index is 731. The molecule has 22 heavy (non-hydrogen) atoms. The number of benzene rings is 1. The highest BCUT2D eigenvalue weighted by Crippen LogP contribution is 2.28. The summed E-state index contributed by atoms with van der Waals surface area (Å²) in [5, 5.41) is 3.64. The van der Waals surface area contributed by atoms with E-state index in [1.54, 1.807) is 0 Å². The third kappa shape index (κ3) is 2.99. The highest BCUT2D eigenvalue weighted by molar-refractivity contribution is 7.22. The number of carbonyl (C=O) groups excluding carboxylic acids is 1. The molecule has 1 saturated heterocycles. The van der Waals surface area contributed by atoms with Crippen molar-refractivity contribution in [3.63, 3.8) is 0 Å². The molecule has 1 amide bonds. The first-order valence-corrected chi connectivity index (χ1v) is 8.35. The van der Waals surface area contributed by atoms with Gasteiger partial charge in [0, 0.05) is 0 Å². The molecule has 1 N–H and O–H groups in total. The molecule has 4 nitrogen and oxygen atoms in total. The van der Waals surface area contributed by atoms with Gasteiger partial charge in [-0.15, -0.1) is 6.42 Å². The number of para-hydroxylation sites is 1. The van der Waals surface area contributed by atoms with Gasteiger partial charge in [-0.25, -0.2) is 4.98 Å². The lowest BCUT2D eigenvalue weighted by Crippen LogP contribution is -2.47. The summed E-state index contributed by atoms with van der Waals surface area (Å²) in [6.45, 7) is 3.45. The standard InChI is InChI=1S/C17H19N3OS/c1-3-10-20-11-5-4-8-13(20)16(21)19-17-18-15-12(2)7-6-9-14(15)22-17/h1,6-7,9,13H,4-5,8,10-11H2,2H3,(H,18,19,21). The molecule has 5 heteroatoms. The lowest BCUT2D eigenvalue weighted by molar-refractivity contribution is -0.122. The second-order valence-electron chi connectivity index (χ2n) is 5.62. The minimum Gasteiger partial charge on any atom is -0.301 e. The third-order valence-corrected chi connectivity index (χ3v) is 5.00. The Morgan fingerprint density at radius 2 is 2.41 bits per heavy atom. The number of nitrogens with one attached hydrogen (secondary N) is 1. The van der Waals surface area contributed by atoms with E-state index < -0.39 is 0 Å². The molecule has 2 heterocycles. The van der Waals surface area contributed by atoms with Crippen LogP contribution in [0.1, 0.15) is 24.8 Å². The van der Waals surface area contributed by atoms with Gasteiger partial charge in [0.15, 0.2) is 5.13 Å². The van der Waals surface area contributed by atoms with Crippen LogP contribution in [-0.2, 0) is 4.79 Å². The van der Waals surface area contributed by atoms with Gasteiger partial charge in [-0.3, -0.25) is 9.69 Å². The van der Waals surface area contributed by atoms with Gasteiger partial charge in [0.2, 0.25) is 5.91 Å². The van der Waals surface area contributed by atoms with Crippen LogP contribution in [0.5, 0.6) is 0 Å². The molecule has 0 aliphatic carbocycles. The number of piperidine rings is 1. The normalized spacial score (nSPS) is 19.0. The smallest absolute Gasteiger partial charge is 0.243 e. The van der Waals surface area contributed by atoms with Crippen LogP contribution in [0.15, 0.2) is 18.2 Å². The molecular formula is C17H19N3OS. The van der Waals surface area contributed by atoms with E-state index >= 15 is 0 Å². The van der Waals surface area contributed by atoms with Crippen LogP contribution >= 0.6 is 11.3 Å². The first-order chi connectivity index (χ1) is 10.7. The summed E-state index contributed by atoms with van der Waals surface area (Å²) < 4.78 is 1.10. The number of aromatic nitrogens is 1. The summed E-state index contributed by atoms with van der Waals surface area (Å²) in [6.07, 6.45) is 8.44. The van der Waals surface area contributed by atoms with E-state index in [1.807, 2.05) is 25.1 Å². The summed E-state index contributed by atoms with van der Waals surface area (Å²) in [6, 6.07) is 5.93. The largest absolute Gasteiger partial charge is 0.301 e. The lowest BCUT2D eigenvalue weighted by atomic mass is 10.0. The van der Waals surface area contributed by atoms with Gasteiger partial charge < -0.3 is 5.32 Å². The number of carbonyl (C=O) groups is 1. The number of fused-ring (bicyclic) bond motifs is 1. The van der Waals surface area contributed by atoms with Gasteiger partial charge in [-0.2, -0.15) is 0 Å². The Balaban J connectivity index is 1.77. The molecule has 0 bridgehead atoms. The highest BCUT2D eigenvalue weighted by Gasteiger charge is 2.28. The fraction of sp³-hybridized carbons (Fsp3) is 0.412. The second-order valence-corrected chi connectivity index (χ2v) is 6.65. The molecule has 0 saturated carbocycles. The molecule has 1 unspecified atom stereocenters. The Morgan fingerprint density at radius 1 is 1.55 bits per heavy atom. The van der Waals surface area contributed by atoms with Crippen molar-refractivity contribution in [1.82, 2.24) is 9.88 Å². The van der Waals surface area contributed by atoms with E-state index in [0.29, 0.717) is 11.7 Å². The molecule has 0 spiro atoms. The number of hydrogen-bond donors (Lipinski definition) is 1. The number of thiazole rings is 1. The maximum absolute atomic E-state index is 12.6. The van der Waals surface area contributed by atoms with Crippen molar-refractivity contribution in [2.24, 2.45) is 0 Å². The maximum Gasteiger partial charge on any atom is 0.243 e. The van der Waals surface area contributed by atoms with Crippen LogP contribution in [0.4, 0.5) is 5.13 Å². The fourth-order valence-electron chi connectivity index (χ4n) is 2.92. The molecule has 3 rings (SSSR count). The highest BCUT2D eigenvalue weighted by atomic mass is 32.1. The fourth-order valence-corrected chi connectivity index (χ4v) is 3.87. The summed E-state index contributed by atoms with van der Waals surface area (Å²) in [4.78, 5) is 19.2. The minimum atomic E-state index is -0.141. The van der Waals surface area contributed by atoms with Crippen molar-refractivity contribution < 1.29 is 4.79 Å². The number of aryl methyl sites for hydroxylation is 1. The number of hydrogen-bond acceptors (Lipinski definition) is 4. The number of amides is 1. The van der Waals surface area contributed by atoms with Crippen LogP contribution in [0, 0.1) is 19.3 Å². The molecule has 1 aliphatic heterocycles. The van der Waals surface area contributed by atoms with Gasteiger partial charge in [-0.05, 0) is 37.9 Å². The molecule has 1 atom stereocenters. The van der Waals surface area contributed by atoms with Crippen LogP contribution in [0.2, 0.25) is 0 Å². The zero-order chi connectivity index (χ0) is 15.5. The summed E-state index contributed by atoms with van der Waals surface area (Å²) in [5.41, 5.74) is 2.09. The Labute approximate surface area is 134 Å². The molecule has 1 aliphatic rings. The Hall–Kier alpha value is -1.90. The minimum absolute atomic E-state index is 0.00617.